The Labute approximate surface area is 157 Å². The van der Waals surface area contributed by atoms with Gasteiger partial charge >= 0.3 is 0 Å². The minimum Gasteiger partial charge on any atom is -0.342 e. The van der Waals surface area contributed by atoms with E-state index in [4.69, 9.17) is 0 Å². The number of hydrogen-bond acceptors (Lipinski definition) is 3. The lowest BCUT2D eigenvalue weighted by atomic mass is 9.77. The largest absolute Gasteiger partial charge is 0.342 e. The summed E-state index contributed by atoms with van der Waals surface area (Å²) in [5.74, 6) is 0.909. The molecule has 3 aliphatic rings. The van der Waals surface area contributed by atoms with Gasteiger partial charge in [0.1, 0.15) is 5.54 Å². The normalized spacial score (nSPS) is 30.0. The second-order valence-corrected chi connectivity index (χ2v) is 8.66. The van der Waals surface area contributed by atoms with Gasteiger partial charge in [-0.3, -0.25) is 14.6 Å². The van der Waals surface area contributed by atoms with Crippen molar-refractivity contribution in [3.63, 3.8) is 0 Å². The Morgan fingerprint density at radius 3 is 2.46 bits per heavy atom. The molecule has 3 fully saturated rings. The zero-order valence-corrected chi connectivity index (χ0v) is 16.3. The number of rotatable bonds is 3. The molecule has 0 aromatic heterocycles. The lowest BCUT2D eigenvalue weighted by Gasteiger charge is -2.48. The quantitative estimate of drug-likeness (QED) is 0.903. The summed E-state index contributed by atoms with van der Waals surface area (Å²) >= 11 is 0. The maximum absolute atomic E-state index is 12.7. The second-order valence-electron chi connectivity index (χ2n) is 8.66. The van der Waals surface area contributed by atoms with Crippen LogP contribution in [0.3, 0.4) is 0 Å². The van der Waals surface area contributed by atoms with Crippen LogP contribution in [0.15, 0.2) is 30.3 Å². The van der Waals surface area contributed by atoms with Crippen LogP contribution in [0.25, 0.3) is 0 Å². The molecule has 1 aromatic rings. The third-order valence-electron chi connectivity index (χ3n) is 7.06. The van der Waals surface area contributed by atoms with E-state index < -0.39 is 0 Å². The summed E-state index contributed by atoms with van der Waals surface area (Å²) < 4.78 is 0. The molecule has 26 heavy (non-hydrogen) atoms. The molecule has 4 nitrogen and oxygen atoms in total. The van der Waals surface area contributed by atoms with Crippen molar-refractivity contribution < 1.29 is 4.79 Å². The Hall–Kier alpha value is -1.39. The fourth-order valence-corrected chi connectivity index (χ4v) is 5.66. The number of carbonyl (C=O) groups excluding carboxylic acids is 1. The molecule has 142 valence electrons. The van der Waals surface area contributed by atoms with Crippen LogP contribution in [0.4, 0.5) is 0 Å². The van der Waals surface area contributed by atoms with Crippen LogP contribution >= 0.6 is 0 Å². The first-order valence-electron chi connectivity index (χ1n) is 10.5. The molecular weight excluding hydrogens is 322 g/mol. The van der Waals surface area contributed by atoms with Gasteiger partial charge in [-0.1, -0.05) is 43.2 Å². The molecule has 2 atom stereocenters. The molecule has 0 bridgehead atoms. The highest BCUT2D eigenvalue weighted by Crippen LogP contribution is 2.40. The molecule has 4 rings (SSSR count). The fourth-order valence-electron chi connectivity index (χ4n) is 5.66. The highest BCUT2D eigenvalue weighted by molar-refractivity contribution is 5.88. The first-order valence-corrected chi connectivity index (χ1v) is 10.5. The van der Waals surface area contributed by atoms with Gasteiger partial charge in [0.2, 0.25) is 5.91 Å². The number of piperidine rings is 1. The minimum atomic E-state index is -0.262. The number of benzene rings is 1. The fraction of sp³-hybridized carbons (Fsp3) is 0.682. The molecule has 1 N–H and O–H groups in total. The monoisotopic (exact) mass is 355 g/mol. The molecule has 2 saturated heterocycles. The van der Waals surface area contributed by atoms with Gasteiger partial charge in [-0.15, -0.1) is 0 Å². The summed E-state index contributed by atoms with van der Waals surface area (Å²) in [5, 5.41) is 3.11. The molecule has 1 aromatic carbocycles. The number of carbonyl (C=O) groups is 1. The van der Waals surface area contributed by atoms with E-state index in [9.17, 15) is 4.79 Å². The highest BCUT2D eigenvalue weighted by atomic mass is 16.2. The van der Waals surface area contributed by atoms with Gasteiger partial charge in [0.25, 0.3) is 0 Å². The summed E-state index contributed by atoms with van der Waals surface area (Å²) in [6, 6.07) is 12.1. The van der Waals surface area contributed by atoms with E-state index >= 15 is 0 Å². The Kier molecular flexibility index (Phi) is 5.07. The number of likely N-dealkylation sites (tertiary alicyclic amines) is 1. The predicted molar refractivity (Wildman–Crippen MR) is 105 cm³/mol. The maximum atomic E-state index is 12.7. The van der Waals surface area contributed by atoms with Crippen LogP contribution in [0.2, 0.25) is 0 Å². The van der Waals surface area contributed by atoms with E-state index in [1.165, 1.54) is 31.2 Å². The van der Waals surface area contributed by atoms with Crippen LogP contribution in [0, 0.1) is 0 Å². The number of amides is 1. The van der Waals surface area contributed by atoms with E-state index in [-0.39, 0.29) is 11.4 Å². The molecule has 1 spiro atoms. The highest BCUT2D eigenvalue weighted by Gasteiger charge is 2.51. The lowest BCUT2D eigenvalue weighted by molar-refractivity contribution is -0.130. The van der Waals surface area contributed by atoms with Crippen molar-refractivity contribution in [1.29, 1.82) is 0 Å². The molecule has 1 amide bonds. The van der Waals surface area contributed by atoms with E-state index in [2.05, 4.69) is 59.3 Å². The van der Waals surface area contributed by atoms with Gasteiger partial charge in [-0.05, 0) is 51.0 Å². The Bertz CT molecular complexity index is 622. The van der Waals surface area contributed by atoms with Crippen molar-refractivity contribution in [3.05, 3.63) is 35.9 Å². The summed E-state index contributed by atoms with van der Waals surface area (Å²) in [6.07, 6.45) is 7.22. The average molecular weight is 356 g/mol. The van der Waals surface area contributed by atoms with Gasteiger partial charge in [0.05, 0.1) is 6.67 Å². The third-order valence-corrected chi connectivity index (χ3v) is 7.06. The van der Waals surface area contributed by atoms with E-state index in [0.29, 0.717) is 24.7 Å². The SMILES string of the molecule is CC(C)N1CNC(=O)C12CCN(C1CCCCC1c1ccccc1)CC2. The summed E-state index contributed by atoms with van der Waals surface area (Å²) in [5.41, 5.74) is 1.24. The molecule has 1 aliphatic carbocycles. The maximum Gasteiger partial charge on any atom is 0.241 e. The Morgan fingerprint density at radius 1 is 1.08 bits per heavy atom. The molecular formula is C22H33N3O. The van der Waals surface area contributed by atoms with Crippen molar-refractivity contribution in [2.45, 2.75) is 75.9 Å². The van der Waals surface area contributed by atoms with E-state index in [1.807, 2.05) is 0 Å². The first-order chi connectivity index (χ1) is 12.6. The molecule has 1 saturated carbocycles. The van der Waals surface area contributed by atoms with E-state index in [0.717, 1.165) is 25.9 Å². The average Bonchev–Trinajstić information content (AvgIpc) is 2.99. The van der Waals surface area contributed by atoms with Crippen molar-refractivity contribution in [2.24, 2.45) is 0 Å². The standard InChI is InChI=1S/C22H33N3O/c1-17(2)25-16-23-21(26)22(25)12-14-24(15-13-22)20-11-7-6-10-19(20)18-8-4-3-5-9-18/h3-5,8-9,17,19-20H,6-7,10-16H2,1-2H3,(H,23,26). The summed E-state index contributed by atoms with van der Waals surface area (Å²) in [4.78, 5) is 17.8. The molecule has 0 radical (unpaired) electrons. The first kappa shape index (κ1) is 18.0. The smallest absolute Gasteiger partial charge is 0.241 e. The Morgan fingerprint density at radius 2 is 1.77 bits per heavy atom. The predicted octanol–water partition coefficient (Wildman–Crippen LogP) is 3.35. The van der Waals surface area contributed by atoms with Crippen LogP contribution in [-0.2, 0) is 4.79 Å². The van der Waals surface area contributed by atoms with Crippen LogP contribution in [-0.4, -0.2) is 53.1 Å². The van der Waals surface area contributed by atoms with Crippen molar-refractivity contribution in [1.82, 2.24) is 15.1 Å². The van der Waals surface area contributed by atoms with Gasteiger partial charge < -0.3 is 5.32 Å². The van der Waals surface area contributed by atoms with Crippen LogP contribution in [0.5, 0.6) is 0 Å². The number of nitrogens with one attached hydrogen (secondary N) is 1. The Balaban J connectivity index is 1.49. The summed E-state index contributed by atoms with van der Waals surface area (Å²) in [7, 11) is 0. The lowest BCUT2D eigenvalue weighted by Crippen LogP contribution is -2.59. The van der Waals surface area contributed by atoms with Crippen LogP contribution in [0.1, 0.15) is 63.9 Å². The number of hydrogen-bond donors (Lipinski definition) is 1. The van der Waals surface area contributed by atoms with Gasteiger partial charge in [-0.25, -0.2) is 0 Å². The molecule has 2 unspecified atom stereocenters. The number of nitrogens with zero attached hydrogens (tertiary/aromatic N) is 2. The van der Waals surface area contributed by atoms with Crippen molar-refractivity contribution in [2.75, 3.05) is 19.8 Å². The zero-order chi connectivity index (χ0) is 18.1. The zero-order valence-electron chi connectivity index (χ0n) is 16.3. The second kappa shape index (κ2) is 7.32. The molecule has 4 heteroatoms. The van der Waals surface area contributed by atoms with Crippen molar-refractivity contribution >= 4 is 5.91 Å². The topological polar surface area (TPSA) is 35.6 Å². The van der Waals surface area contributed by atoms with Crippen LogP contribution < -0.4 is 5.32 Å². The van der Waals surface area contributed by atoms with Crippen molar-refractivity contribution in [3.8, 4) is 0 Å². The minimum absolute atomic E-state index is 0.258. The van der Waals surface area contributed by atoms with Gasteiger partial charge in [0.15, 0.2) is 0 Å². The third kappa shape index (κ3) is 3.07. The van der Waals surface area contributed by atoms with E-state index in [1.54, 1.807) is 0 Å². The van der Waals surface area contributed by atoms with Gasteiger partial charge in [0, 0.05) is 25.2 Å². The summed E-state index contributed by atoms with van der Waals surface area (Å²) in [6.45, 7) is 7.23. The molecule has 2 aliphatic heterocycles. The van der Waals surface area contributed by atoms with Gasteiger partial charge in [-0.2, -0.15) is 0 Å². The molecule has 2 heterocycles.